The summed E-state index contributed by atoms with van der Waals surface area (Å²) in [6, 6.07) is 16.8. The Bertz CT molecular complexity index is 1470. The summed E-state index contributed by atoms with van der Waals surface area (Å²) < 4.78 is 28.6. The van der Waals surface area contributed by atoms with Gasteiger partial charge in [0.05, 0.1) is 21.4 Å². The maximum Gasteiger partial charge on any atom is 0.335 e. The SMILES string of the molecule is O=C(O)c1ccc(NS(=O)(=O)c2ccc3c(c2)[C@@H]2C=CC[C@H]2[C@@H](c2cccc([N+](=O)[O-])c2)N3)cc1. The lowest BCUT2D eigenvalue weighted by Crippen LogP contribution is -2.29. The van der Waals surface area contributed by atoms with Gasteiger partial charge in [0, 0.05) is 29.4 Å². The number of sulfonamides is 1. The number of benzene rings is 3. The third kappa shape index (κ3) is 4.24. The van der Waals surface area contributed by atoms with Crippen LogP contribution in [0.15, 0.2) is 83.8 Å². The van der Waals surface area contributed by atoms with E-state index >= 15 is 0 Å². The van der Waals surface area contributed by atoms with Crippen molar-refractivity contribution in [2.45, 2.75) is 23.3 Å². The summed E-state index contributed by atoms with van der Waals surface area (Å²) in [5.41, 5.74) is 2.78. The minimum absolute atomic E-state index is 0.0292. The van der Waals surface area contributed by atoms with E-state index in [9.17, 15) is 23.3 Å². The molecule has 35 heavy (non-hydrogen) atoms. The molecular weight excluding hydrogens is 470 g/mol. The summed E-state index contributed by atoms with van der Waals surface area (Å²) in [5.74, 6) is -1.05. The summed E-state index contributed by atoms with van der Waals surface area (Å²) >= 11 is 0. The van der Waals surface area contributed by atoms with Crippen LogP contribution in [0.2, 0.25) is 0 Å². The second-order valence-electron chi connectivity index (χ2n) is 8.56. The van der Waals surface area contributed by atoms with Gasteiger partial charge in [-0.25, -0.2) is 13.2 Å². The molecule has 0 amide bonds. The van der Waals surface area contributed by atoms with Gasteiger partial charge >= 0.3 is 5.97 Å². The van der Waals surface area contributed by atoms with Crippen LogP contribution in [0.3, 0.4) is 0 Å². The summed E-state index contributed by atoms with van der Waals surface area (Å²) in [6.07, 6.45) is 4.87. The van der Waals surface area contributed by atoms with Gasteiger partial charge in [-0.05, 0) is 65.9 Å². The van der Waals surface area contributed by atoms with E-state index in [2.05, 4.69) is 22.2 Å². The molecule has 3 atom stereocenters. The number of fused-ring (bicyclic) bond motifs is 3. The predicted molar refractivity (Wildman–Crippen MR) is 130 cm³/mol. The van der Waals surface area contributed by atoms with Crippen molar-refractivity contribution < 1.29 is 23.2 Å². The van der Waals surface area contributed by atoms with Crippen molar-refractivity contribution in [3.8, 4) is 0 Å². The molecule has 0 unspecified atom stereocenters. The number of nitro groups is 1. The first-order chi connectivity index (χ1) is 16.7. The summed E-state index contributed by atoms with van der Waals surface area (Å²) in [7, 11) is -3.91. The fraction of sp³-hybridized carbons (Fsp3) is 0.160. The van der Waals surface area contributed by atoms with Crippen LogP contribution in [-0.2, 0) is 10.0 Å². The van der Waals surface area contributed by atoms with Crippen LogP contribution < -0.4 is 10.0 Å². The number of hydrogen-bond donors (Lipinski definition) is 3. The van der Waals surface area contributed by atoms with Gasteiger partial charge in [0.1, 0.15) is 0 Å². The molecule has 10 heteroatoms. The van der Waals surface area contributed by atoms with Gasteiger partial charge in [-0.1, -0.05) is 24.3 Å². The van der Waals surface area contributed by atoms with Gasteiger partial charge in [0.25, 0.3) is 15.7 Å². The van der Waals surface area contributed by atoms with E-state index in [1.807, 2.05) is 6.07 Å². The second kappa shape index (κ2) is 8.55. The topological polar surface area (TPSA) is 139 Å². The number of nitro benzene ring substituents is 1. The molecule has 0 spiro atoms. The molecule has 1 aliphatic carbocycles. The minimum atomic E-state index is -3.91. The Morgan fingerprint density at radius 1 is 1.09 bits per heavy atom. The van der Waals surface area contributed by atoms with Crippen LogP contribution in [0.5, 0.6) is 0 Å². The molecule has 3 aromatic carbocycles. The monoisotopic (exact) mass is 491 g/mol. The molecule has 0 fully saturated rings. The molecule has 0 bridgehead atoms. The molecule has 2 aliphatic rings. The zero-order valence-corrected chi connectivity index (χ0v) is 19.1. The molecule has 0 radical (unpaired) electrons. The lowest BCUT2D eigenvalue weighted by atomic mass is 9.77. The van der Waals surface area contributed by atoms with E-state index < -0.39 is 20.9 Å². The lowest BCUT2D eigenvalue weighted by molar-refractivity contribution is -0.384. The molecule has 3 N–H and O–H groups in total. The van der Waals surface area contributed by atoms with Crippen LogP contribution >= 0.6 is 0 Å². The zero-order chi connectivity index (χ0) is 24.7. The normalized spacial score (nSPS) is 20.4. The maximum atomic E-state index is 13.1. The number of carboxylic acids is 1. The van der Waals surface area contributed by atoms with Gasteiger partial charge in [-0.15, -0.1) is 0 Å². The number of non-ortho nitro benzene ring substituents is 1. The number of rotatable bonds is 6. The number of nitrogens with zero attached hydrogens (tertiary/aromatic N) is 1. The van der Waals surface area contributed by atoms with Crippen molar-refractivity contribution >= 4 is 33.1 Å². The van der Waals surface area contributed by atoms with Gasteiger partial charge in [0.2, 0.25) is 0 Å². The molecule has 5 rings (SSSR count). The van der Waals surface area contributed by atoms with E-state index in [0.29, 0.717) is 0 Å². The molecule has 9 nitrogen and oxygen atoms in total. The van der Waals surface area contributed by atoms with Crippen LogP contribution in [0.4, 0.5) is 17.1 Å². The summed E-state index contributed by atoms with van der Waals surface area (Å²) in [6.45, 7) is 0. The average molecular weight is 492 g/mol. The molecule has 0 saturated heterocycles. The molecule has 0 aromatic heterocycles. The van der Waals surface area contributed by atoms with Crippen LogP contribution in [0.1, 0.15) is 39.9 Å². The van der Waals surface area contributed by atoms with E-state index in [4.69, 9.17) is 5.11 Å². The number of allylic oxidation sites excluding steroid dienone is 2. The van der Waals surface area contributed by atoms with Crippen molar-refractivity contribution in [1.29, 1.82) is 0 Å². The third-order valence-corrected chi connectivity index (χ3v) is 7.85. The highest BCUT2D eigenvalue weighted by Gasteiger charge is 2.38. The number of nitrogens with one attached hydrogen (secondary N) is 2. The quantitative estimate of drug-likeness (QED) is 0.253. The average Bonchev–Trinajstić information content (AvgIpc) is 3.34. The fourth-order valence-corrected chi connectivity index (χ4v) is 5.89. The van der Waals surface area contributed by atoms with E-state index in [1.165, 1.54) is 36.4 Å². The predicted octanol–water partition coefficient (Wildman–Crippen LogP) is 4.92. The minimum Gasteiger partial charge on any atom is -0.478 e. The van der Waals surface area contributed by atoms with Crippen molar-refractivity contribution in [3.63, 3.8) is 0 Å². The third-order valence-electron chi connectivity index (χ3n) is 6.47. The Morgan fingerprint density at radius 2 is 1.86 bits per heavy atom. The molecule has 0 saturated carbocycles. The Morgan fingerprint density at radius 3 is 2.57 bits per heavy atom. The smallest absolute Gasteiger partial charge is 0.335 e. The number of hydrogen-bond acceptors (Lipinski definition) is 6. The number of aromatic carboxylic acids is 1. The highest BCUT2D eigenvalue weighted by atomic mass is 32.2. The Hall–Kier alpha value is -4.18. The number of carboxylic acid groups (broad SMARTS) is 1. The van der Waals surface area contributed by atoms with Gasteiger partial charge in [0.15, 0.2) is 0 Å². The van der Waals surface area contributed by atoms with Crippen molar-refractivity contribution in [2.75, 3.05) is 10.0 Å². The first-order valence-corrected chi connectivity index (χ1v) is 12.4. The second-order valence-corrected chi connectivity index (χ2v) is 10.2. The Labute approximate surface area is 201 Å². The van der Waals surface area contributed by atoms with Crippen LogP contribution in [0, 0.1) is 16.0 Å². The van der Waals surface area contributed by atoms with Gasteiger partial charge in [-0.3, -0.25) is 14.8 Å². The van der Waals surface area contributed by atoms with Crippen LogP contribution in [-0.4, -0.2) is 24.4 Å². The largest absolute Gasteiger partial charge is 0.478 e. The zero-order valence-electron chi connectivity index (χ0n) is 18.3. The van der Waals surface area contributed by atoms with Gasteiger partial charge in [-0.2, -0.15) is 0 Å². The van der Waals surface area contributed by atoms with Crippen molar-refractivity contribution in [1.82, 2.24) is 0 Å². The lowest BCUT2D eigenvalue weighted by Gasteiger charge is -2.37. The number of anilines is 2. The molecule has 1 aliphatic heterocycles. The standard InChI is InChI=1S/C25H21N3O6S/c29-25(30)15-7-9-17(10-8-15)27-35(33,34)19-11-12-23-22(14-19)20-5-2-6-21(20)24(26-23)16-3-1-4-18(13-16)28(31)32/h1-5,7-14,20-21,24,26-27H,6H2,(H,29,30)/t20-,21-,24-/m1/s1. The van der Waals surface area contributed by atoms with Gasteiger partial charge < -0.3 is 10.4 Å². The van der Waals surface area contributed by atoms with E-state index in [0.717, 1.165) is 23.2 Å². The molecule has 178 valence electrons. The Kier molecular flexibility index (Phi) is 5.52. The molecule has 1 heterocycles. The Balaban J connectivity index is 1.45. The first kappa shape index (κ1) is 22.6. The maximum absolute atomic E-state index is 13.1. The fourth-order valence-electron chi connectivity index (χ4n) is 4.80. The van der Waals surface area contributed by atoms with Crippen molar-refractivity contribution in [3.05, 3.63) is 106 Å². The van der Waals surface area contributed by atoms with Crippen molar-refractivity contribution in [2.24, 2.45) is 5.92 Å². The first-order valence-electron chi connectivity index (χ1n) is 10.9. The summed E-state index contributed by atoms with van der Waals surface area (Å²) in [5, 5.41) is 23.7. The van der Waals surface area contributed by atoms with Crippen LogP contribution in [0.25, 0.3) is 0 Å². The molecular formula is C25H21N3O6S. The van der Waals surface area contributed by atoms with E-state index in [1.54, 1.807) is 24.3 Å². The molecule has 3 aromatic rings. The summed E-state index contributed by atoms with van der Waals surface area (Å²) in [4.78, 5) is 22.0. The van der Waals surface area contributed by atoms with E-state index in [-0.39, 0.29) is 39.7 Å². The highest BCUT2D eigenvalue weighted by Crippen LogP contribution is 2.50. The number of carbonyl (C=O) groups is 1. The highest BCUT2D eigenvalue weighted by molar-refractivity contribution is 7.92.